The highest BCUT2D eigenvalue weighted by atomic mass is 16.7. The highest BCUT2D eigenvalue weighted by Gasteiger charge is 2.45. The molecule has 7 nitrogen and oxygen atoms in total. The van der Waals surface area contributed by atoms with Gasteiger partial charge in [0.1, 0.15) is 11.5 Å². The molecule has 0 bridgehead atoms. The van der Waals surface area contributed by atoms with Crippen molar-refractivity contribution in [3.63, 3.8) is 0 Å². The van der Waals surface area contributed by atoms with E-state index >= 15 is 0 Å². The van der Waals surface area contributed by atoms with Crippen molar-refractivity contribution in [2.45, 2.75) is 32.4 Å². The van der Waals surface area contributed by atoms with Crippen molar-refractivity contribution in [1.82, 2.24) is 14.5 Å². The number of fused-ring (bicyclic) bond motifs is 1. The summed E-state index contributed by atoms with van der Waals surface area (Å²) < 4.78 is 13.0. The lowest BCUT2D eigenvalue weighted by atomic mass is 9.95. The summed E-state index contributed by atoms with van der Waals surface area (Å²) in [5, 5.41) is 4.52. The Hall–Kier alpha value is -3.74. The van der Waals surface area contributed by atoms with E-state index in [0.717, 1.165) is 64.8 Å². The largest absolute Gasteiger partial charge is 0.497 e. The van der Waals surface area contributed by atoms with Gasteiger partial charge in [-0.15, -0.1) is 0 Å². The van der Waals surface area contributed by atoms with Crippen molar-refractivity contribution < 1.29 is 14.3 Å². The number of benzene rings is 2. The molecule has 0 radical (unpaired) electrons. The van der Waals surface area contributed by atoms with Crippen LogP contribution in [0.25, 0.3) is 11.8 Å². The minimum absolute atomic E-state index is 0.637. The molecule has 3 heterocycles. The summed E-state index contributed by atoms with van der Waals surface area (Å²) >= 11 is 0. The van der Waals surface area contributed by atoms with Gasteiger partial charge in [0.2, 0.25) is 5.72 Å². The summed E-state index contributed by atoms with van der Waals surface area (Å²) in [6.07, 6.45) is 7.94. The van der Waals surface area contributed by atoms with Crippen LogP contribution >= 0.6 is 0 Å². The van der Waals surface area contributed by atoms with E-state index < -0.39 is 5.72 Å². The standard InChI is InChI=1S/C26H28N4O3/c1-18-16-29(17-27-18)23-12-7-19(15-24(23)32-4)14-20-6-5-13-30-25(20)28-33-26(30,2)21-8-10-22(31-3)11-9-21/h7-12,14-17H,5-6,13H2,1-4H3/b20-14+. The Labute approximate surface area is 193 Å². The number of aromatic nitrogens is 2. The average molecular weight is 445 g/mol. The molecule has 0 aliphatic carbocycles. The van der Waals surface area contributed by atoms with Crippen LogP contribution < -0.4 is 9.47 Å². The lowest BCUT2D eigenvalue weighted by Crippen LogP contribution is -2.46. The summed E-state index contributed by atoms with van der Waals surface area (Å²) in [7, 11) is 3.36. The molecular formula is C26H28N4O3. The topological polar surface area (TPSA) is 61.1 Å². The predicted octanol–water partition coefficient (Wildman–Crippen LogP) is 4.89. The molecule has 2 aromatic carbocycles. The molecule has 2 aliphatic rings. The van der Waals surface area contributed by atoms with Gasteiger partial charge in [0.25, 0.3) is 0 Å². The van der Waals surface area contributed by atoms with Gasteiger partial charge in [0.15, 0.2) is 5.84 Å². The number of nitrogens with zero attached hydrogens (tertiary/aromatic N) is 4. The van der Waals surface area contributed by atoms with E-state index in [1.165, 1.54) is 0 Å². The fourth-order valence-corrected chi connectivity index (χ4v) is 4.52. The highest BCUT2D eigenvalue weighted by Crippen LogP contribution is 2.40. The van der Waals surface area contributed by atoms with Gasteiger partial charge in [-0.3, -0.25) is 0 Å². The van der Waals surface area contributed by atoms with Crippen molar-refractivity contribution >= 4 is 11.9 Å². The molecule has 3 aromatic rings. The Morgan fingerprint density at radius 3 is 2.61 bits per heavy atom. The summed E-state index contributed by atoms with van der Waals surface area (Å²) in [4.78, 5) is 12.6. The molecule has 0 amide bonds. The Balaban J connectivity index is 1.44. The first-order chi connectivity index (χ1) is 16.0. The van der Waals surface area contributed by atoms with Gasteiger partial charge in [-0.25, -0.2) is 4.98 Å². The second kappa shape index (κ2) is 8.31. The van der Waals surface area contributed by atoms with Crippen molar-refractivity contribution in [2.75, 3.05) is 20.8 Å². The van der Waals surface area contributed by atoms with Gasteiger partial charge in [0, 0.05) is 25.2 Å². The van der Waals surface area contributed by atoms with Crippen LogP contribution in [0.15, 0.2) is 65.7 Å². The minimum atomic E-state index is -0.637. The zero-order valence-corrected chi connectivity index (χ0v) is 19.4. The van der Waals surface area contributed by atoms with Crippen LogP contribution in [0.4, 0.5) is 0 Å². The number of aryl methyl sites for hydroxylation is 1. The van der Waals surface area contributed by atoms with Gasteiger partial charge in [-0.05, 0) is 73.4 Å². The van der Waals surface area contributed by atoms with E-state index in [4.69, 9.17) is 14.3 Å². The lowest BCUT2D eigenvalue weighted by Gasteiger charge is -2.37. The minimum Gasteiger partial charge on any atom is -0.497 e. The quantitative estimate of drug-likeness (QED) is 0.561. The Morgan fingerprint density at radius 2 is 1.91 bits per heavy atom. The maximum Gasteiger partial charge on any atom is 0.234 e. The molecule has 1 saturated heterocycles. The van der Waals surface area contributed by atoms with Gasteiger partial charge < -0.3 is 23.8 Å². The predicted molar refractivity (Wildman–Crippen MR) is 128 cm³/mol. The van der Waals surface area contributed by atoms with Gasteiger partial charge >= 0.3 is 0 Å². The normalized spacial score (nSPS) is 20.9. The zero-order valence-electron chi connectivity index (χ0n) is 19.4. The molecule has 1 atom stereocenters. The Bertz CT molecular complexity index is 1230. The third kappa shape index (κ3) is 3.73. The molecule has 1 unspecified atom stereocenters. The number of hydrogen-bond acceptors (Lipinski definition) is 6. The van der Waals surface area contributed by atoms with E-state index in [0.29, 0.717) is 0 Å². The van der Waals surface area contributed by atoms with E-state index in [1.54, 1.807) is 20.5 Å². The van der Waals surface area contributed by atoms with Crippen LogP contribution in [0.2, 0.25) is 0 Å². The molecule has 0 N–H and O–H groups in total. The Morgan fingerprint density at radius 1 is 1.09 bits per heavy atom. The number of ether oxygens (including phenoxy) is 2. The first-order valence-corrected chi connectivity index (χ1v) is 11.1. The van der Waals surface area contributed by atoms with Gasteiger partial charge in [-0.1, -0.05) is 11.2 Å². The molecular weight excluding hydrogens is 416 g/mol. The van der Waals surface area contributed by atoms with E-state index in [9.17, 15) is 0 Å². The van der Waals surface area contributed by atoms with Crippen LogP contribution in [0, 0.1) is 6.92 Å². The molecule has 2 aliphatic heterocycles. The summed E-state index contributed by atoms with van der Waals surface area (Å²) in [6, 6.07) is 14.2. The first-order valence-electron chi connectivity index (χ1n) is 11.1. The fraction of sp³-hybridized carbons (Fsp3) is 0.308. The maximum atomic E-state index is 6.04. The summed E-state index contributed by atoms with van der Waals surface area (Å²) in [5.74, 6) is 2.51. The highest BCUT2D eigenvalue weighted by molar-refractivity contribution is 6.03. The molecule has 1 aromatic heterocycles. The second-order valence-corrected chi connectivity index (χ2v) is 8.50. The van der Waals surface area contributed by atoms with Crippen molar-refractivity contribution in [2.24, 2.45) is 5.16 Å². The summed E-state index contributed by atoms with van der Waals surface area (Å²) in [5.41, 5.74) is 4.55. The van der Waals surface area contributed by atoms with Crippen molar-refractivity contribution in [1.29, 1.82) is 0 Å². The van der Waals surface area contributed by atoms with Crippen LogP contribution in [0.1, 0.15) is 36.6 Å². The second-order valence-electron chi connectivity index (χ2n) is 8.50. The molecule has 0 spiro atoms. The first kappa shape index (κ1) is 21.1. The number of piperidine rings is 1. The third-order valence-corrected chi connectivity index (χ3v) is 6.36. The van der Waals surface area contributed by atoms with Crippen LogP contribution in [0.5, 0.6) is 11.5 Å². The summed E-state index contributed by atoms with van der Waals surface area (Å²) in [6.45, 7) is 4.93. The fourth-order valence-electron chi connectivity index (χ4n) is 4.52. The molecule has 1 fully saturated rings. The number of amidine groups is 1. The number of methoxy groups -OCH3 is 2. The van der Waals surface area contributed by atoms with Crippen LogP contribution in [-0.4, -0.2) is 41.1 Å². The number of imidazole rings is 1. The van der Waals surface area contributed by atoms with E-state index in [-0.39, 0.29) is 0 Å². The number of rotatable bonds is 5. The monoisotopic (exact) mass is 444 g/mol. The Kier molecular flexibility index (Phi) is 5.32. The molecule has 7 heteroatoms. The lowest BCUT2D eigenvalue weighted by molar-refractivity contribution is -0.0913. The number of hydrogen-bond donors (Lipinski definition) is 0. The number of oxime groups is 1. The molecule has 33 heavy (non-hydrogen) atoms. The third-order valence-electron chi connectivity index (χ3n) is 6.36. The van der Waals surface area contributed by atoms with Crippen LogP contribution in [0.3, 0.4) is 0 Å². The smallest absolute Gasteiger partial charge is 0.234 e. The average Bonchev–Trinajstić information content (AvgIpc) is 3.43. The van der Waals surface area contributed by atoms with E-state index in [2.05, 4.69) is 46.2 Å². The van der Waals surface area contributed by atoms with Crippen molar-refractivity contribution in [3.05, 3.63) is 77.4 Å². The SMILES string of the molecule is COc1ccc(C2(C)ON=C3/C(=C/c4ccc(-n5cnc(C)c5)c(OC)c4)CCCN32)cc1. The van der Waals surface area contributed by atoms with E-state index in [1.807, 2.05) is 42.0 Å². The zero-order chi connectivity index (χ0) is 23.0. The molecule has 0 saturated carbocycles. The molecule has 170 valence electrons. The van der Waals surface area contributed by atoms with Gasteiger partial charge in [0.05, 0.1) is 31.9 Å². The molecule has 5 rings (SSSR count). The maximum absolute atomic E-state index is 6.04. The van der Waals surface area contributed by atoms with Crippen LogP contribution in [-0.2, 0) is 10.6 Å². The van der Waals surface area contributed by atoms with Crippen molar-refractivity contribution in [3.8, 4) is 17.2 Å². The van der Waals surface area contributed by atoms with Gasteiger partial charge in [-0.2, -0.15) is 0 Å².